The summed E-state index contributed by atoms with van der Waals surface area (Å²) in [7, 11) is 0. The fourth-order valence-corrected chi connectivity index (χ4v) is 3.34. The molecule has 0 spiro atoms. The molecule has 2 aromatic rings. The second-order valence-corrected chi connectivity index (χ2v) is 6.89. The van der Waals surface area contributed by atoms with Gasteiger partial charge in [0.2, 0.25) is 0 Å². The summed E-state index contributed by atoms with van der Waals surface area (Å²) in [6, 6.07) is 12.1. The summed E-state index contributed by atoms with van der Waals surface area (Å²) < 4.78 is 0. The highest BCUT2D eigenvalue weighted by Crippen LogP contribution is 2.30. The Morgan fingerprint density at radius 3 is 2.24 bits per heavy atom. The lowest BCUT2D eigenvalue weighted by atomic mass is 10.1. The minimum Gasteiger partial charge on any atom is -0.480 e. The number of halogens is 3. The van der Waals surface area contributed by atoms with E-state index in [1.54, 1.807) is 42.5 Å². The van der Waals surface area contributed by atoms with Gasteiger partial charge in [0.1, 0.15) is 5.25 Å². The van der Waals surface area contributed by atoms with Gasteiger partial charge in [-0.1, -0.05) is 40.9 Å². The normalized spacial score (nSPS) is 12.1. The topological polar surface area (TPSA) is 37.3 Å². The Hall–Kier alpha value is -0.870. The third kappa shape index (κ3) is 4.82. The Labute approximate surface area is 142 Å². The van der Waals surface area contributed by atoms with Crippen molar-refractivity contribution in [3.63, 3.8) is 0 Å². The molecule has 0 saturated carbocycles. The van der Waals surface area contributed by atoms with Gasteiger partial charge in [0.15, 0.2) is 0 Å². The number of hydrogen-bond donors (Lipinski definition) is 1. The summed E-state index contributed by atoms with van der Waals surface area (Å²) in [5.41, 5.74) is 0.759. The fourth-order valence-electron chi connectivity index (χ4n) is 1.74. The SMILES string of the molecule is O=C(O)[C@@H](Cc1ccc(Cl)cc1Cl)Sc1ccc(Cl)cc1. The van der Waals surface area contributed by atoms with E-state index in [9.17, 15) is 9.90 Å². The maximum absolute atomic E-state index is 11.4. The quantitative estimate of drug-likeness (QED) is 0.721. The molecule has 0 aliphatic rings. The highest BCUT2D eigenvalue weighted by Gasteiger charge is 2.20. The van der Waals surface area contributed by atoms with Crippen molar-refractivity contribution in [2.75, 3.05) is 0 Å². The lowest BCUT2D eigenvalue weighted by Crippen LogP contribution is -2.19. The number of carbonyl (C=O) groups is 1. The third-order valence-corrected chi connectivity index (χ3v) is 4.82. The summed E-state index contributed by atoms with van der Waals surface area (Å²) >= 11 is 19.0. The zero-order valence-corrected chi connectivity index (χ0v) is 13.8. The van der Waals surface area contributed by atoms with Gasteiger partial charge in [-0.3, -0.25) is 4.79 Å². The van der Waals surface area contributed by atoms with Gasteiger partial charge in [0.25, 0.3) is 0 Å². The van der Waals surface area contributed by atoms with Crippen LogP contribution in [0.4, 0.5) is 0 Å². The fraction of sp³-hybridized carbons (Fsp3) is 0.133. The van der Waals surface area contributed by atoms with Crippen LogP contribution in [0.15, 0.2) is 47.4 Å². The molecule has 0 unspecified atom stereocenters. The van der Waals surface area contributed by atoms with E-state index in [1.807, 2.05) is 0 Å². The van der Waals surface area contributed by atoms with E-state index in [2.05, 4.69) is 0 Å². The zero-order valence-electron chi connectivity index (χ0n) is 10.7. The second kappa shape index (κ2) is 7.41. The number of thioether (sulfide) groups is 1. The van der Waals surface area contributed by atoms with E-state index in [-0.39, 0.29) is 0 Å². The third-order valence-electron chi connectivity index (χ3n) is 2.79. The highest BCUT2D eigenvalue weighted by atomic mass is 35.5. The van der Waals surface area contributed by atoms with Crippen LogP contribution in [0.5, 0.6) is 0 Å². The molecule has 0 radical (unpaired) electrons. The molecule has 0 amide bonds. The molecule has 0 fully saturated rings. The molecule has 2 nitrogen and oxygen atoms in total. The molecule has 110 valence electrons. The van der Waals surface area contributed by atoms with Gasteiger partial charge in [-0.15, -0.1) is 11.8 Å². The van der Waals surface area contributed by atoms with Crippen LogP contribution < -0.4 is 0 Å². The van der Waals surface area contributed by atoms with Crippen LogP contribution in [-0.4, -0.2) is 16.3 Å². The number of aliphatic carboxylic acids is 1. The van der Waals surface area contributed by atoms with Gasteiger partial charge in [0.05, 0.1) is 0 Å². The molecule has 0 heterocycles. The lowest BCUT2D eigenvalue weighted by Gasteiger charge is -2.13. The molecule has 21 heavy (non-hydrogen) atoms. The van der Waals surface area contributed by atoms with Crippen molar-refractivity contribution in [1.82, 2.24) is 0 Å². The number of carboxylic acids is 1. The summed E-state index contributed by atoms with van der Waals surface area (Å²) in [4.78, 5) is 12.3. The average molecular weight is 362 g/mol. The van der Waals surface area contributed by atoms with E-state index >= 15 is 0 Å². The van der Waals surface area contributed by atoms with E-state index in [1.165, 1.54) is 11.8 Å². The maximum Gasteiger partial charge on any atom is 0.317 e. The molecule has 6 heteroatoms. The monoisotopic (exact) mass is 360 g/mol. The average Bonchev–Trinajstić information content (AvgIpc) is 2.43. The van der Waals surface area contributed by atoms with Gasteiger partial charge >= 0.3 is 5.97 Å². The second-order valence-electron chi connectivity index (χ2n) is 4.34. The molecule has 2 rings (SSSR count). The van der Waals surface area contributed by atoms with Crippen molar-refractivity contribution < 1.29 is 9.90 Å². The maximum atomic E-state index is 11.4. The molecule has 0 aliphatic carbocycles. The largest absolute Gasteiger partial charge is 0.480 e. The number of benzene rings is 2. The first-order chi connectivity index (χ1) is 9.95. The molecule has 0 aromatic heterocycles. The molecule has 1 N–H and O–H groups in total. The van der Waals surface area contributed by atoms with Crippen LogP contribution in [0.2, 0.25) is 15.1 Å². The summed E-state index contributed by atoms with van der Waals surface area (Å²) in [5, 5.41) is 10.4. The first kappa shape index (κ1) is 16.5. The van der Waals surface area contributed by atoms with Gasteiger partial charge in [0, 0.05) is 20.0 Å². The molecule has 1 atom stereocenters. The Balaban J connectivity index is 2.15. The van der Waals surface area contributed by atoms with Crippen molar-refractivity contribution in [2.45, 2.75) is 16.6 Å². The van der Waals surface area contributed by atoms with E-state index < -0.39 is 11.2 Å². The zero-order chi connectivity index (χ0) is 15.4. The molecule has 0 aliphatic heterocycles. The van der Waals surface area contributed by atoms with E-state index in [0.717, 1.165) is 10.5 Å². The van der Waals surface area contributed by atoms with Crippen molar-refractivity contribution >= 4 is 52.5 Å². The Morgan fingerprint density at radius 2 is 1.67 bits per heavy atom. The van der Waals surface area contributed by atoms with Crippen molar-refractivity contribution in [1.29, 1.82) is 0 Å². The number of hydrogen-bond acceptors (Lipinski definition) is 2. The van der Waals surface area contributed by atoms with Gasteiger partial charge in [-0.25, -0.2) is 0 Å². The van der Waals surface area contributed by atoms with E-state index in [4.69, 9.17) is 34.8 Å². The number of rotatable bonds is 5. The molecular weight excluding hydrogens is 351 g/mol. The van der Waals surface area contributed by atoms with Gasteiger partial charge < -0.3 is 5.11 Å². The summed E-state index contributed by atoms with van der Waals surface area (Å²) in [6.45, 7) is 0. The van der Waals surface area contributed by atoms with Gasteiger partial charge in [-0.05, 0) is 48.4 Å². The van der Waals surface area contributed by atoms with Gasteiger partial charge in [-0.2, -0.15) is 0 Å². The van der Waals surface area contributed by atoms with Crippen LogP contribution >= 0.6 is 46.6 Å². The Morgan fingerprint density at radius 1 is 1.05 bits per heavy atom. The van der Waals surface area contributed by atoms with Crippen LogP contribution in [-0.2, 0) is 11.2 Å². The van der Waals surface area contributed by atoms with Crippen LogP contribution in [0, 0.1) is 0 Å². The van der Waals surface area contributed by atoms with Crippen molar-refractivity contribution in [3.05, 3.63) is 63.1 Å². The highest BCUT2D eigenvalue weighted by molar-refractivity contribution is 8.00. The predicted molar refractivity (Wildman–Crippen MR) is 88.9 cm³/mol. The Bertz CT molecular complexity index is 644. The first-order valence-corrected chi connectivity index (χ1v) is 8.06. The van der Waals surface area contributed by atoms with Crippen LogP contribution in [0.25, 0.3) is 0 Å². The predicted octanol–water partition coefficient (Wildman–Crippen LogP) is 5.43. The van der Waals surface area contributed by atoms with Crippen LogP contribution in [0.1, 0.15) is 5.56 Å². The lowest BCUT2D eigenvalue weighted by molar-refractivity contribution is -0.136. The van der Waals surface area contributed by atoms with Crippen molar-refractivity contribution in [2.24, 2.45) is 0 Å². The first-order valence-electron chi connectivity index (χ1n) is 6.04. The standard InChI is InChI=1S/C15H11Cl3O2S/c16-10-3-5-12(6-4-10)21-14(15(19)20)7-9-1-2-11(17)8-13(9)18/h1-6,8,14H,7H2,(H,19,20)/t14-/m1/s1. The summed E-state index contributed by atoms with van der Waals surface area (Å²) in [6.07, 6.45) is 0.318. The summed E-state index contributed by atoms with van der Waals surface area (Å²) in [5.74, 6) is -0.888. The smallest absolute Gasteiger partial charge is 0.317 e. The van der Waals surface area contributed by atoms with Crippen molar-refractivity contribution in [3.8, 4) is 0 Å². The van der Waals surface area contributed by atoms with Crippen LogP contribution in [0.3, 0.4) is 0 Å². The minimum atomic E-state index is -0.888. The number of carboxylic acid groups (broad SMARTS) is 1. The molecule has 2 aromatic carbocycles. The molecule has 0 bridgehead atoms. The molecule has 0 saturated heterocycles. The van der Waals surface area contributed by atoms with E-state index in [0.29, 0.717) is 21.5 Å². The molecular formula is C15H11Cl3O2S. The Kier molecular flexibility index (Phi) is 5.82. The minimum absolute atomic E-state index is 0.318.